The van der Waals surface area contributed by atoms with Crippen LogP contribution in [-0.4, -0.2) is 5.91 Å². The third-order valence-corrected chi connectivity index (χ3v) is 2.57. The molecule has 14 heavy (non-hydrogen) atoms. The number of carbonyl (C=O) groups is 1. The summed E-state index contributed by atoms with van der Waals surface area (Å²) >= 11 is 0. The summed E-state index contributed by atoms with van der Waals surface area (Å²) in [5, 5.41) is 0. The molecule has 0 unspecified atom stereocenters. The molecule has 0 saturated carbocycles. The monoisotopic (exact) mass is 197 g/mol. The van der Waals surface area contributed by atoms with Crippen LogP contribution in [-0.2, 0) is 4.79 Å². The van der Waals surface area contributed by atoms with Crippen molar-refractivity contribution in [1.82, 2.24) is 0 Å². The second-order valence-corrected chi connectivity index (χ2v) is 3.79. The molecule has 1 amide bonds. The number of nitrogens with two attached hydrogens (primary N) is 1. The standard InChI is InChI=1S/C12H23NO/c1-4-6-7-8-9-10(3)11(5-2)12(13)14/h4-9H2,1-3H3,(H2,13,14). The quantitative estimate of drug-likeness (QED) is 0.494. The molecular weight excluding hydrogens is 174 g/mol. The Hall–Kier alpha value is -0.790. The lowest BCUT2D eigenvalue weighted by molar-refractivity contribution is -0.114. The van der Waals surface area contributed by atoms with Crippen molar-refractivity contribution < 1.29 is 4.79 Å². The van der Waals surface area contributed by atoms with Gasteiger partial charge in [0, 0.05) is 5.57 Å². The smallest absolute Gasteiger partial charge is 0.244 e. The van der Waals surface area contributed by atoms with Gasteiger partial charge in [-0.05, 0) is 26.2 Å². The molecule has 0 aromatic carbocycles. The maximum absolute atomic E-state index is 11.0. The normalized spacial score (nSPS) is 12.5. The molecule has 0 bridgehead atoms. The third kappa shape index (κ3) is 5.05. The molecule has 0 heterocycles. The summed E-state index contributed by atoms with van der Waals surface area (Å²) in [6.07, 6.45) is 6.74. The first-order valence-corrected chi connectivity index (χ1v) is 5.61. The van der Waals surface area contributed by atoms with E-state index in [2.05, 4.69) is 6.92 Å². The van der Waals surface area contributed by atoms with E-state index >= 15 is 0 Å². The molecule has 2 nitrogen and oxygen atoms in total. The third-order valence-electron chi connectivity index (χ3n) is 2.57. The first-order chi connectivity index (χ1) is 6.63. The molecule has 0 radical (unpaired) electrons. The van der Waals surface area contributed by atoms with Gasteiger partial charge < -0.3 is 5.73 Å². The topological polar surface area (TPSA) is 43.1 Å². The van der Waals surface area contributed by atoms with Crippen molar-refractivity contribution in [1.29, 1.82) is 0 Å². The molecule has 0 atom stereocenters. The fourth-order valence-electron chi connectivity index (χ4n) is 1.65. The van der Waals surface area contributed by atoms with Gasteiger partial charge in [0.25, 0.3) is 0 Å². The van der Waals surface area contributed by atoms with E-state index in [1.165, 1.54) is 31.3 Å². The van der Waals surface area contributed by atoms with Gasteiger partial charge in [-0.1, -0.05) is 38.7 Å². The molecule has 0 aromatic heterocycles. The molecule has 0 aliphatic rings. The van der Waals surface area contributed by atoms with Crippen LogP contribution in [0.3, 0.4) is 0 Å². The van der Waals surface area contributed by atoms with Crippen LogP contribution in [0.4, 0.5) is 0 Å². The average Bonchev–Trinajstić information content (AvgIpc) is 2.13. The number of unbranched alkanes of at least 4 members (excludes halogenated alkanes) is 3. The van der Waals surface area contributed by atoms with Crippen molar-refractivity contribution in [2.75, 3.05) is 0 Å². The van der Waals surface area contributed by atoms with Crippen LogP contribution in [0.2, 0.25) is 0 Å². The summed E-state index contributed by atoms with van der Waals surface area (Å²) in [6.45, 7) is 6.20. The maximum Gasteiger partial charge on any atom is 0.244 e. The zero-order valence-electron chi connectivity index (χ0n) is 9.73. The van der Waals surface area contributed by atoms with Gasteiger partial charge in [0.05, 0.1) is 0 Å². The van der Waals surface area contributed by atoms with Crippen LogP contribution in [0.1, 0.15) is 59.3 Å². The Kier molecular flexibility index (Phi) is 7.17. The van der Waals surface area contributed by atoms with Gasteiger partial charge >= 0.3 is 0 Å². The second kappa shape index (κ2) is 7.60. The van der Waals surface area contributed by atoms with E-state index in [1.807, 2.05) is 13.8 Å². The van der Waals surface area contributed by atoms with E-state index in [9.17, 15) is 4.79 Å². The maximum atomic E-state index is 11.0. The first-order valence-electron chi connectivity index (χ1n) is 5.61. The first kappa shape index (κ1) is 13.2. The minimum atomic E-state index is -0.250. The van der Waals surface area contributed by atoms with Gasteiger partial charge in [-0.2, -0.15) is 0 Å². The lowest BCUT2D eigenvalue weighted by atomic mass is 10.0. The van der Waals surface area contributed by atoms with Crippen molar-refractivity contribution in [3.05, 3.63) is 11.1 Å². The Morgan fingerprint density at radius 3 is 2.21 bits per heavy atom. The van der Waals surface area contributed by atoms with E-state index in [0.717, 1.165) is 18.4 Å². The summed E-state index contributed by atoms with van der Waals surface area (Å²) in [5.74, 6) is -0.250. The molecule has 2 heteroatoms. The molecular formula is C12H23NO. The van der Waals surface area contributed by atoms with Crippen LogP contribution in [0.25, 0.3) is 0 Å². The molecule has 2 N–H and O–H groups in total. The SMILES string of the molecule is CCCCCCC(C)=C(CC)C(N)=O. The lowest BCUT2D eigenvalue weighted by Gasteiger charge is -2.06. The van der Waals surface area contributed by atoms with Gasteiger partial charge in [0.2, 0.25) is 5.91 Å². The van der Waals surface area contributed by atoms with Gasteiger partial charge in [-0.25, -0.2) is 0 Å². The minimum absolute atomic E-state index is 0.250. The zero-order valence-corrected chi connectivity index (χ0v) is 9.73. The van der Waals surface area contributed by atoms with E-state index in [0.29, 0.717) is 0 Å². The number of hydrogen-bond donors (Lipinski definition) is 1. The Bertz CT molecular complexity index is 206. The minimum Gasteiger partial charge on any atom is -0.366 e. The highest BCUT2D eigenvalue weighted by Crippen LogP contribution is 2.15. The molecule has 82 valence electrons. The Morgan fingerprint density at radius 2 is 1.79 bits per heavy atom. The second-order valence-electron chi connectivity index (χ2n) is 3.79. The largest absolute Gasteiger partial charge is 0.366 e. The zero-order chi connectivity index (χ0) is 11.0. The van der Waals surface area contributed by atoms with E-state index in [1.54, 1.807) is 0 Å². The van der Waals surface area contributed by atoms with Gasteiger partial charge in [0.1, 0.15) is 0 Å². The van der Waals surface area contributed by atoms with Crippen LogP contribution < -0.4 is 5.73 Å². The van der Waals surface area contributed by atoms with Crippen LogP contribution in [0, 0.1) is 0 Å². The number of hydrogen-bond acceptors (Lipinski definition) is 1. The molecule has 0 rings (SSSR count). The number of amides is 1. The Morgan fingerprint density at radius 1 is 1.14 bits per heavy atom. The fourth-order valence-corrected chi connectivity index (χ4v) is 1.65. The highest BCUT2D eigenvalue weighted by molar-refractivity contribution is 5.92. The predicted octanol–water partition coefficient (Wildman–Crippen LogP) is 3.17. The van der Waals surface area contributed by atoms with Crippen LogP contribution in [0.15, 0.2) is 11.1 Å². The molecule has 0 aromatic rings. The van der Waals surface area contributed by atoms with Crippen LogP contribution >= 0.6 is 0 Å². The number of allylic oxidation sites excluding steroid dienone is 1. The number of rotatable bonds is 7. The average molecular weight is 197 g/mol. The number of carbonyl (C=O) groups excluding carboxylic acids is 1. The van der Waals surface area contributed by atoms with Crippen molar-refractivity contribution in [2.24, 2.45) is 5.73 Å². The molecule has 0 spiro atoms. The van der Waals surface area contributed by atoms with E-state index in [-0.39, 0.29) is 5.91 Å². The van der Waals surface area contributed by atoms with Gasteiger partial charge in [0.15, 0.2) is 0 Å². The molecule has 0 aliphatic carbocycles. The fraction of sp³-hybridized carbons (Fsp3) is 0.750. The molecule has 0 fully saturated rings. The van der Waals surface area contributed by atoms with Crippen molar-refractivity contribution >= 4 is 5.91 Å². The summed E-state index contributed by atoms with van der Waals surface area (Å²) in [6, 6.07) is 0. The lowest BCUT2D eigenvalue weighted by Crippen LogP contribution is -2.14. The Balaban J connectivity index is 4.00. The van der Waals surface area contributed by atoms with E-state index < -0.39 is 0 Å². The summed E-state index contributed by atoms with van der Waals surface area (Å²) < 4.78 is 0. The molecule has 0 aliphatic heterocycles. The molecule has 0 saturated heterocycles. The summed E-state index contributed by atoms with van der Waals surface area (Å²) in [7, 11) is 0. The van der Waals surface area contributed by atoms with Crippen molar-refractivity contribution in [3.63, 3.8) is 0 Å². The van der Waals surface area contributed by atoms with Crippen molar-refractivity contribution in [2.45, 2.75) is 59.3 Å². The van der Waals surface area contributed by atoms with E-state index in [4.69, 9.17) is 5.73 Å². The Labute approximate surface area is 87.6 Å². The number of primary amides is 1. The highest BCUT2D eigenvalue weighted by atomic mass is 16.1. The highest BCUT2D eigenvalue weighted by Gasteiger charge is 2.05. The predicted molar refractivity (Wildman–Crippen MR) is 60.9 cm³/mol. The van der Waals surface area contributed by atoms with Gasteiger partial charge in [-0.15, -0.1) is 0 Å². The summed E-state index contributed by atoms with van der Waals surface area (Å²) in [4.78, 5) is 11.0. The summed E-state index contributed by atoms with van der Waals surface area (Å²) in [5.41, 5.74) is 7.28. The van der Waals surface area contributed by atoms with Crippen molar-refractivity contribution in [3.8, 4) is 0 Å². The van der Waals surface area contributed by atoms with Crippen LogP contribution in [0.5, 0.6) is 0 Å². The van der Waals surface area contributed by atoms with Gasteiger partial charge in [-0.3, -0.25) is 4.79 Å².